The van der Waals surface area contributed by atoms with Gasteiger partial charge in [0.15, 0.2) is 0 Å². The monoisotopic (exact) mass is 323 g/mol. The van der Waals surface area contributed by atoms with Gasteiger partial charge in [-0.1, -0.05) is 6.07 Å². The average molecular weight is 323 g/mol. The van der Waals surface area contributed by atoms with Crippen molar-refractivity contribution in [2.75, 3.05) is 18.4 Å². The van der Waals surface area contributed by atoms with E-state index in [4.69, 9.17) is 4.98 Å². The molecule has 2 aliphatic rings. The summed E-state index contributed by atoms with van der Waals surface area (Å²) in [4.78, 5) is 25.5. The van der Waals surface area contributed by atoms with Gasteiger partial charge in [-0.25, -0.2) is 9.97 Å². The van der Waals surface area contributed by atoms with Crippen LogP contribution < -0.4 is 10.6 Å². The highest BCUT2D eigenvalue weighted by atomic mass is 16.1. The van der Waals surface area contributed by atoms with Crippen LogP contribution in [0.2, 0.25) is 0 Å². The third-order valence-electron chi connectivity index (χ3n) is 4.50. The molecule has 6 nitrogen and oxygen atoms in total. The Morgan fingerprint density at radius 1 is 1.29 bits per heavy atom. The minimum Gasteiger partial charge on any atom is -0.370 e. The van der Waals surface area contributed by atoms with E-state index in [1.54, 1.807) is 6.20 Å². The van der Waals surface area contributed by atoms with Crippen LogP contribution in [0.15, 0.2) is 24.5 Å². The Labute approximate surface area is 141 Å². The molecule has 1 fully saturated rings. The normalized spacial score (nSPS) is 16.4. The fraction of sp³-hybridized carbons (Fsp3) is 0.444. The second-order valence-corrected chi connectivity index (χ2v) is 6.43. The molecule has 6 heteroatoms. The van der Waals surface area contributed by atoms with Crippen molar-refractivity contribution in [2.24, 2.45) is 0 Å². The topological polar surface area (TPSA) is 79.8 Å². The van der Waals surface area contributed by atoms with E-state index in [1.165, 1.54) is 5.56 Å². The number of aryl methyl sites for hydroxylation is 1. The molecule has 0 bridgehead atoms. The van der Waals surface area contributed by atoms with Crippen molar-refractivity contribution in [1.29, 1.82) is 0 Å². The SMILES string of the molecule is O=C1NCCc2c(NCCCc3cccnc3)nc(C3CC3)nc21. The van der Waals surface area contributed by atoms with E-state index in [2.05, 4.69) is 26.7 Å². The van der Waals surface area contributed by atoms with Crippen LogP contribution in [0, 0.1) is 0 Å². The van der Waals surface area contributed by atoms with E-state index in [0.29, 0.717) is 18.2 Å². The quantitative estimate of drug-likeness (QED) is 0.796. The van der Waals surface area contributed by atoms with Crippen LogP contribution in [0.1, 0.15) is 52.6 Å². The number of rotatable bonds is 6. The van der Waals surface area contributed by atoms with Gasteiger partial charge in [-0.2, -0.15) is 0 Å². The van der Waals surface area contributed by atoms with E-state index >= 15 is 0 Å². The molecular formula is C18H21N5O. The van der Waals surface area contributed by atoms with Gasteiger partial charge < -0.3 is 10.6 Å². The van der Waals surface area contributed by atoms with E-state index in [1.807, 2.05) is 12.3 Å². The summed E-state index contributed by atoms with van der Waals surface area (Å²) in [5.41, 5.74) is 2.76. The Morgan fingerprint density at radius 2 is 2.21 bits per heavy atom. The summed E-state index contributed by atoms with van der Waals surface area (Å²) in [6, 6.07) is 4.05. The summed E-state index contributed by atoms with van der Waals surface area (Å²) >= 11 is 0. The van der Waals surface area contributed by atoms with Crippen LogP contribution >= 0.6 is 0 Å². The fourth-order valence-electron chi connectivity index (χ4n) is 3.03. The van der Waals surface area contributed by atoms with Gasteiger partial charge in [0.05, 0.1) is 0 Å². The zero-order valence-corrected chi connectivity index (χ0v) is 13.6. The molecule has 4 rings (SSSR count). The number of nitrogens with zero attached hydrogens (tertiary/aromatic N) is 3. The molecule has 0 atom stereocenters. The van der Waals surface area contributed by atoms with Crippen molar-refractivity contribution in [3.63, 3.8) is 0 Å². The Bertz CT molecular complexity index is 743. The van der Waals surface area contributed by atoms with Gasteiger partial charge in [0.1, 0.15) is 17.3 Å². The summed E-state index contributed by atoms with van der Waals surface area (Å²) in [7, 11) is 0. The first-order valence-electron chi connectivity index (χ1n) is 8.63. The van der Waals surface area contributed by atoms with Gasteiger partial charge in [-0.15, -0.1) is 0 Å². The summed E-state index contributed by atoms with van der Waals surface area (Å²) in [6.45, 7) is 1.48. The number of hydrogen-bond donors (Lipinski definition) is 2. The second-order valence-electron chi connectivity index (χ2n) is 6.43. The molecule has 3 heterocycles. The summed E-state index contributed by atoms with van der Waals surface area (Å²) in [6.07, 6.45) is 8.71. The molecule has 0 aromatic carbocycles. The molecule has 2 aromatic heterocycles. The number of anilines is 1. The first-order chi connectivity index (χ1) is 11.8. The number of carbonyl (C=O) groups is 1. The number of carbonyl (C=O) groups excluding carboxylic acids is 1. The van der Waals surface area contributed by atoms with Crippen molar-refractivity contribution in [1.82, 2.24) is 20.3 Å². The molecule has 24 heavy (non-hydrogen) atoms. The van der Waals surface area contributed by atoms with Crippen molar-refractivity contribution in [3.8, 4) is 0 Å². The number of aromatic nitrogens is 3. The van der Waals surface area contributed by atoms with Crippen molar-refractivity contribution in [2.45, 2.75) is 38.0 Å². The van der Waals surface area contributed by atoms with Crippen molar-refractivity contribution < 1.29 is 4.79 Å². The first kappa shape index (κ1) is 15.1. The highest BCUT2D eigenvalue weighted by Crippen LogP contribution is 2.39. The van der Waals surface area contributed by atoms with E-state index in [9.17, 15) is 4.79 Å². The minimum atomic E-state index is -0.0704. The zero-order valence-electron chi connectivity index (χ0n) is 13.6. The third kappa shape index (κ3) is 3.22. The number of amides is 1. The molecule has 2 aromatic rings. The Morgan fingerprint density at radius 3 is 3.00 bits per heavy atom. The third-order valence-corrected chi connectivity index (χ3v) is 4.50. The molecule has 0 unspecified atom stereocenters. The first-order valence-corrected chi connectivity index (χ1v) is 8.63. The van der Waals surface area contributed by atoms with Crippen molar-refractivity contribution >= 4 is 11.7 Å². The largest absolute Gasteiger partial charge is 0.370 e. The lowest BCUT2D eigenvalue weighted by molar-refractivity contribution is 0.0940. The van der Waals surface area contributed by atoms with E-state index in [0.717, 1.165) is 55.9 Å². The number of hydrogen-bond acceptors (Lipinski definition) is 5. The van der Waals surface area contributed by atoms with Crippen LogP contribution in [0.4, 0.5) is 5.82 Å². The van der Waals surface area contributed by atoms with Crippen LogP contribution in [0.5, 0.6) is 0 Å². The van der Waals surface area contributed by atoms with Crippen LogP contribution in [-0.4, -0.2) is 33.9 Å². The van der Waals surface area contributed by atoms with Crippen LogP contribution in [0.3, 0.4) is 0 Å². The Kier molecular flexibility index (Phi) is 4.11. The molecule has 1 aliphatic carbocycles. The average Bonchev–Trinajstić information content (AvgIpc) is 3.45. The van der Waals surface area contributed by atoms with Gasteiger partial charge in [0.2, 0.25) is 0 Å². The number of nitrogens with one attached hydrogen (secondary N) is 2. The van der Waals surface area contributed by atoms with Gasteiger partial charge in [0, 0.05) is 37.0 Å². The minimum absolute atomic E-state index is 0.0704. The predicted molar refractivity (Wildman–Crippen MR) is 91.1 cm³/mol. The summed E-state index contributed by atoms with van der Waals surface area (Å²) in [5.74, 6) is 2.03. The number of fused-ring (bicyclic) bond motifs is 1. The lowest BCUT2D eigenvalue weighted by Gasteiger charge is -2.20. The lowest BCUT2D eigenvalue weighted by atomic mass is 10.1. The maximum atomic E-state index is 12.1. The molecule has 0 saturated heterocycles. The Balaban J connectivity index is 1.46. The van der Waals surface area contributed by atoms with Gasteiger partial charge in [0.25, 0.3) is 5.91 Å². The highest BCUT2D eigenvalue weighted by molar-refractivity contribution is 5.96. The molecule has 0 spiro atoms. The maximum Gasteiger partial charge on any atom is 0.270 e. The van der Waals surface area contributed by atoms with Crippen LogP contribution in [0.25, 0.3) is 0 Å². The molecule has 2 N–H and O–H groups in total. The smallest absolute Gasteiger partial charge is 0.270 e. The molecule has 1 amide bonds. The van der Waals surface area contributed by atoms with Crippen molar-refractivity contribution in [3.05, 3.63) is 47.2 Å². The van der Waals surface area contributed by atoms with E-state index < -0.39 is 0 Å². The number of pyridine rings is 1. The maximum absolute atomic E-state index is 12.1. The van der Waals surface area contributed by atoms with Gasteiger partial charge >= 0.3 is 0 Å². The second kappa shape index (κ2) is 6.55. The van der Waals surface area contributed by atoms with Gasteiger partial charge in [-0.05, 0) is 43.7 Å². The predicted octanol–water partition coefficient (Wildman–Crippen LogP) is 2.08. The summed E-state index contributed by atoms with van der Waals surface area (Å²) in [5, 5.41) is 6.31. The van der Waals surface area contributed by atoms with Gasteiger partial charge in [-0.3, -0.25) is 9.78 Å². The van der Waals surface area contributed by atoms with E-state index in [-0.39, 0.29) is 5.91 Å². The van der Waals surface area contributed by atoms with Crippen LogP contribution in [-0.2, 0) is 12.8 Å². The lowest BCUT2D eigenvalue weighted by Crippen LogP contribution is -2.34. The highest BCUT2D eigenvalue weighted by Gasteiger charge is 2.31. The molecular weight excluding hydrogens is 302 g/mol. The molecule has 0 radical (unpaired) electrons. The summed E-state index contributed by atoms with van der Waals surface area (Å²) < 4.78 is 0. The molecule has 1 saturated carbocycles. The molecule has 1 aliphatic heterocycles. The zero-order chi connectivity index (χ0) is 16.4. The molecule has 124 valence electrons. The fourth-order valence-corrected chi connectivity index (χ4v) is 3.03. The Hall–Kier alpha value is -2.50. The standard InChI is InChI=1S/C18H21N5O/c24-18-15-14(7-10-21-18)17(23-16(22-15)13-5-6-13)20-9-2-4-12-3-1-8-19-11-12/h1,3,8,11,13H,2,4-7,9-10H2,(H,21,24)(H,20,22,23).